The molecule has 9 heavy (non-hydrogen) atoms. The number of thiol groups is 1. The number of halogens is 1. The molecule has 2 nitrogen and oxygen atoms in total. The molecule has 0 N–H and O–H groups in total. The van der Waals surface area contributed by atoms with Crippen molar-refractivity contribution < 1.29 is 0 Å². The Morgan fingerprint density at radius 3 is 3.00 bits per heavy atom. The molecule has 0 atom stereocenters. The average molecular weight is 163 g/mol. The smallest absolute Gasteiger partial charge is 0.0785 e. The molecule has 0 spiro atoms. The van der Waals surface area contributed by atoms with Crippen molar-refractivity contribution in [3.63, 3.8) is 0 Å². The standard InChI is InChI=1S/C5H7ClN2S/c6-5-3-7-8(4-5)1-2-9/h3-4,9H,1-2H2. The van der Waals surface area contributed by atoms with E-state index in [4.69, 9.17) is 11.6 Å². The molecular weight excluding hydrogens is 156 g/mol. The lowest BCUT2D eigenvalue weighted by Gasteiger charge is -1.92. The Balaban J connectivity index is 2.61. The van der Waals surface area contributed by atoms with Gasteiger partial charge in [-0.1, -0.05) is 11.6 Å². The Labute approximate surface area is 64.2 Å². The third kappa shape index (κ3) is 1.91. The maximum absolute atomic E-state index is 5.59. The van der Waals surface area contributed by atoms with Crippen LogP contribution in [0.1, 0.15) is 0 Å². The largest absolute Gasteiger partial charge is 0.270 e. The van der Waals surface area contributed by atoms with Crippen LogP contribution in [0.3, 0.4) is 0 Å². The van der Waals surface area contributed by atoms with Gasteiger partial charge in [-0.3, -0.25) is 4.68 Å². The molecule has 1 aromatic heterocycles. The summed E-state index contributed by atoms with van der Waals surface area (Å²) in [6.07, 6.45) is 3.39. The van der Waals surface area contributed by atoms with Crippen molar-refractivity contribution in [2.45, 2.75) is 6.54 Å². The number of hydrogen-bond donors (Lipinski definition) is 1. The quantitative estimate of drug-likeness (QED) is 0.653. The summed E-state index contributed by atoms with van der Waals surface area (Å²) in [7, 11) is 0. The van der Waals surface area contributed by atoms with E-state index in [1.165, 1.54) is 0 Å². The summed E-state index contributed by atoms with van der Waals surface area (Å²) >= 11 is 9.63. The maximum atomic E-state index is 5.59. The molecule has 0 saturated heterocycles. The van der Waals surface area contributed by atoms with E-state index in [9.17, 15) is 0 Å². The normalized spacial score (nSPS) is 10.0. The molecular formula is C5H7ClN2S. The summed E-state index contributed by atoms with van der Waals surface area (Å²) in [5, 5.41) is 4.62. The number of rotatable bonds is 2. The highest BCUT2D eigenvalue weighted by Gasteiger charge is 1.91. The molecule has 1 heterocycles. The molecule has 0 bridgehead atoms. The predicted octanol–water partition coefficient (Wildman–Crippen LogP) is 1.47. The van der Waals surface area contributed by atoms with Gasteiger partial charge in [-0.05, 0) is 0 Å². The zero-order valence-corrected chi connectivity index (χ0v) is 6.44. The van der Waals surface area contributed by atoms with Crippen molar-refractivity contribution in [3.8, 4) is 0 Å². The minimum absolute atomic E-state index is 0.678. The molecule has 0 aliphatic carbocycles. The Morgan fingerprint density at radius 1 is 1.78 bits per heavy atom. The average Bonchev–Trinajstić information content (AvgIpc) is 2.17. The van der Waals surface area contributed by atoms with Crippen molar-refractivity contribution in [1.82, 2.24) is 9.78 Å². The van der Waals surface area contributed by atoms with Crippen molar-refractivity contribution in [2.24, 2.45) is 0 Å². The van der Waals surface area contributed by atoms with E-state index in [-0.39, 0.29) is 0 Å². The highest BCUT2D eigenvalue weighted by Crippen LogP contribution is 2.03. The van der Waals surface area contributed by atoms with Crippen LogP contribution < -0.4 is 0 Å². The van der Waals surface area contributed by atoms with E-state index in [1.54, 1.807) is 17.1 Å². The maximum Gasteiger partial charge on any atom is 0.0785 e. The molecule has 0 unspecified atom stereocenters. The van der Waals surface area contributed by atoms with Crippen molar-refractivity contribution >= 4 is 24.2 Å². The fourth-order valence-electron chi connectivity index (χ4n) is 0.563. The van der Waals surface area contributed by atoms with Crippen LogP contribution in [-0.2, 0) is 6.54 Å². The second kappa shape index (κ2) is 3.13. The zero-order valence-electron chi connectivity index (χ0n) is 4.79. The molecule has 0 aromatic carbocycles. The first kappa shape index (κ1) is 6.96. The van der Waals surface area contributed by atoms with Crippen molar-refractivity contribution in [3.05, 3.63) is 17.4 Å². The van der Waals surface area contributed by atoms with Crippen LogP contribution in [0.5, 0.6) is 0 Å². The Kier molecular flexibility index (Phi) is 2.42. The van der Waals surface area contributed by atoms with Crippen LogP contribution in [0, 0.1) is 0 Å². The van der Waals surface area contributed by atoms with E-state index in [2.05, 4.69) is 17.7 Å². The number of hydrogen-bond acceptors (Lipinski definition) is 2. The minimum atomic E-state index is 0.678. The third-order valence-corrected chi connectivity index (χ3v) is 1.33. The molecule has 0 fully saturated rings. The lowest BCUT2D eigenvalue weighted by molar-refractivity contribution is 0.667. The Hall–Kier alpha value is -0.150. The fourth-order valence-corrected chi connectivity index (χ4v) is 0.924. The summed E-state index contributed by atoms with van der Waals surface area (Å²) < 4.78 is 1.76. The van der Waals surface area contributed by atoms with E-state index >= 15 is 0 Å². The molecule has 0 aliphatic heterocycles. The van der Waals surface area contributed by atoms with Crippen LogP contribution in [0.15, 0.2) is 12.4 Å². The number of aryl methyl sites for hydroxylation is 1. The Morgan fingerprint density at radius 2 is 2.56 bits per heavy atom. The van der Waals surface area contributed by atoms with Gasteiger partial charge in [-0.2, -0.15) is 17.7 Å². The highest BCUT2D eigenvalue weighted by molar-refractivity contribution is 7.80. The van der Waals surface area contributed by atoms with Gasteiger partial charge < -0.3 is 0 Å². The topological polar surface area (TPSA) is 17.8 Å². The molecule has 0 aliphatic rings. The highest BCUT2D eigenvalue weighted by atomic mass is 35.5. The van der Waals surface area contributed by atoms with Gasteiger partial charge in [0.05, 0.1) is 11.2 Å². The molecule has 0 amide bonds. The van der Waals surface area contributed by atoms with Gasteiger partial charge >= 0.3 is 0 Å². The lowest BCUT2D eigenvalue weighted by Crippen LogP contribution is -1.98. The van der Waals surface area contributed by atoms with Crippen LogP contribution in [-0.4, -0.2) is 15.5 Å². The zero-order chi connectivity index (χ0) is 6.69. The molecule has 0 radical (unpaired) electrons. The van der Waals surface area contributed by atoms with Crippen LogP contribution >= 0.6 is 24.2 Å². The number of aromatic nitrogens is 2. The Bertz CT molecular complexity index is 187. The minimum Gasteiger partial charge on any atom is -0.270 e. The molecule has 50 valence electrons. The third-order valence-electron chi connectivity index (χ3n) is 0.931. The van der Waals surface area contributed by atoms with Gasteiger partial charge in [-0.25, -0.2) is 0 Å². The number of nitrogens with zero attached hydrogens (tertiary/aromatic N) is 2. The van der Waals surface area contributed by atoms with Gasteiger partial charge in [0.25, 0.3) is 0 Å². The summed E-state index contributed by atoms with van der Waals surface area (Å²) in [4.78, 5) is 0. The molecule has 0 saturated carbocycles. The summed E-state index contributed by atoms with van der Waals surface area (Å²) in [5.74, 6) is 0.790. The van der Waals surface area contributed by atoms with Crippen LogP contribution in [0.4, 0.5) is 0 Å². The van der Waals surface area contributed by atoms with Gasteiger partial charge in [-0.15, -0.1) is 0 Å². The summed E-state index contributed by atoms with van der Waals surface area (Å²) in [6.45, 7) is 0.815. The van der Waals surface area contributed by atoms with Crippen molar-refractivity contribution in [2.75, 3.05) is 5.75 Å². The second-order valence-corrected chi connectivity index (χ2v) is 2.53. The molecule has 4 heteroatoms. The predicted molar refractivity (Wildman–Crippen MR) is 41.1 cm³/mol. The van der Waals surface area contributed by atoms with Gasteiger partial charge in [0.15, 0.2) is 0 Å². The first-order valence-electron chi connectivity index (χ1n) is 2.62. The van der Waals surface area contributed by atoms with Gasteiger partial charge in [0.1, 0.15) is 0 Å². The van der Waals surface area contributed by atoms with Crippen LogP contribution in [0.2, 0.25) is 5.02 Å². The van der Waals surface area contributed by atoms with E-state index in [0.717, 1.165) is 12.3 Å². The first-order chi connectivity index (χ1) is 4.33. The summed E-state index contributed by atoms with van der Waals surface area (Å²) in [5.41, 5.74) is 0. The SMILES string of the molecule is SCCn1cc(Cl)cn1. The van der Waals surface area contributed by atoms with E-state index < -0.39 is 0 Å². The monoisotopic (exact) mass is 162 g/mol. The second-order valence-electron chi connectivity index (χ2n) is 1.65. The van der Waals surface area contributed by atoms with Gasteiger partial charge in [0, 0.05) is 18.5 Å². The van der Waals surface area contributed by atoms with Crippen LogP contribution in [0.25, 0.3) is 0 Å². The fraction of sp³-hybridized carbons (Fsp3) is 0.400. The van der Waals surface area contributed by atoms with E-state index in [0.29, 0.717) is 5.02 Å². The van der Waals surface area contributed by atoms with E-state index in [1.807, 2.05) is 0 Å². The molecule has 1 rings (SSSR count). The van der Waals surface area contributed by atoms with Crippen molar-refractivity contribution in [1.29, 1.82) is 0 Å². The molecule has 1 aromatic rings. The first-order valence-corrected chi connectivity index (χ1v) is 3.63. The lowest BCUT2D eigenvalue weighted by atomic mass is 10.7. The summed E-state index contributed by atoms with van der Waals surface area (Å²) in [6, 6.07) is 0. The van der Waals surface area contributed by atoms with Gasteiger partial charge in [0.2, 0.25) is 0 Å².